The van der Waals surface area contributed by atoms with E-state index in [1.807, 2.05) is 30.3 Å². The number of benzene rings is 2. The Hall–Kier alpha value is -2.14. The van der Waals surface area contributed by atoms with Crippen LogP contribution in [-0.2, 0) is 6.42 Å². The van der Waals surface area contributed by atoms with Crippen molar-refractivity contribution in [1.29, 1.82) is 0 Å². The first-order chi connectivity index (χ1) is 9.74. The topological polar surface area (TPSA) is 25.8 Å². The third-order valence-corrected chi connectivity index (χ3v) is 3.51. The molecule has 1 aromatic heterocycles. The van der Waals surface area contributed by atoms with Gasteiger partial charge in [-0.25, -0.2) is 13.8 Å². The van der Waals surface area contributed by atoms with Gasteiger partial charge in [0.25, 0.3) is 0 Å². The lowest BCUT2D eigenvalue weighted by molar-refractivity contribution is 0.560. The summed E-state index contributed by atoms with van der Waals surface area (Å²) in [6.07, 6.45) is 0.0657. The predicted octanol–water partition coefficient (Wildman–Crippen LogP) is 4.07. The molecule has 100 valence electrons. The molecule has 2 aromatic carbocycles. The maximum atomic E-state index is 14.1. The number of hydrogen-bond acceptors (Lipinski definition) is 3. The van der Waals surface area contributed by atoms with Crippen LogP contribution in [0, 0.1) is 11.6 Å². The second kappa shape index (κ2) is 5.46. The van der Waals surface area contributed by atoms with Crippen molar-refractivity contribution < 1.29 is 8.78 Å². The van der Waals surface area contributed by atoms with Crippen molar-refractivity contribution in [3.8, 4) is 11.1 Å². The molecule has 0 aliphatic heterocycles. The summed E-state index contributed by atoms with van der Waals surface area (Å²) in [7, 11) is 0. The zero-order chi connectivity index (χ0) is 13.9. The molecule has 0 N–H and O–H groups in total. The van der Waals surface area contributed by atoms with Gasteiger partial charge in [0, 0.05) is 12.0 Å². The van der Waals surface area contributed by atoms with E-state index in [0.717, 1.165) is 17.1 Å². The van der Waals surface area contributed by atoms with Gasteiger partial charge in [0.15, 0.2) is 0 Å². The Morgan fingerprint density at radius 1 is 0.950 bits per heavy atom. The summed E-state index contributed by atoms with van der Waals surface area (Å²) >= 11 is 1.16. The molecule has 1 heterocycles. The first-order valence-electron chi connectivity index (χ1n) is 6.02. The maximum Gasteiger partial charge on any atom is 0.146 e. The van der Waals surface area contributed by atoms with Crippen molar-refractivity contribution in [1.82, 2.24) is 9.36 Å². The van der Waals surface area contributed by atoms with Crippen molar-refractivity contribution in [2.24, 2.45) is 0 Å². The molecule has 3 aromatic rings. The zero-order valence-electron chi connectivity index (χ0n) is 10.4. The first kappa shape index (κ1) is 12.9. The van der Waals surface area contributed by atoms with Gasteiger partial charge in [-0.05, 0) is 34.8 Å². The molecule has 0 bridgehead atoms. The van der Waals surface area contributed by atoms with Crippen LogP contribution in [0.25, 0.3) is 11.1 Å². The third kappa shape index (κ3) is 2.58. The molecule has 0 fully saturated rings. The van der Waals surface area contributed by atoms with Gasteiger partial charge in [-0.3, -0.25) is 0 Å². The van der Waals surface area contributed by atoms with Crippen molar-refractivity contribution in [2.45, 2.75) is 6.42 Å². The van der Waals surface area contributed by atoms with Gasteiger partial charge in [0.1, 0.15) is 23.0 Å². The fraction of sp³-hybridized carbons (Fsp3) is 0.0667. The van der Waals surface area contributed by atoms with Gasteiger partial charge >= 0.3 is 0 Å². The van der Waals surface area contributed by atoms with Crippen molar-refractivity contribution in [2.75, 3.05) is 0 Å². The third-order valence-electron chi connectivity index (χ3n) is 2.99. The Morgan fingerprint density at radius 2 is 1.65 bits per heavy atom. The van der Waals surface area contributed by atoms with E-state index in [9.17, 15) is 8.78 Å². The zero-order valence-corrected chi connectivity index (χ0v) is 11.2. The van der Waals surface area contributed by atoms with Gasteiger partial charge in [-0.2, -0.15) is 4.37 Å². The summed E-state index contributed by atoms with van der Waals surface area (Å²) in [6.45, 7) is 0. The van der Waals surface area contributed by atoms with E-state index in [-0.39, 0.29) is 12.0 Å². The molecule has 0 unspecified atom stereocenters. The molecule has 3 rings (SSSR count). The minimum Gasteiger partial charge on any atom is -0.228 e. The smallest absolute Gasteiger partial charge is 0.146 e. The summed E-state index contributed by atoms with van der Waals surface area (Å²) in [5.74, 6) is -0.711. The number of rotatable bonds is 3. The predicted molar refractivity (Wildman–Crippen MR) is 74.5 cm³/mol. The van der Waals surface area contributed by atoms with E-state index in [1.165, 1.54) is 12.1 Å². The van der Waals surface area contributed by atoms with Crippen LogP contribution < -0.4 is 0 Å². The average Bonchev–Trinajstić information content (AvgIpc) is 2.97. The first-order valence-corrected chi connectivity index (χ1v) is 6.86. The van der Waals surface area contributed by atoms with E-state index in [2.05, 4.69) is 9.36 Å². The van der Waals surface area contributed by atoms with Crippen LogP contribution in [0.3, 0.4) is 0 Å². The fourth-order valence-corrected chi connectivity index (χ4v) is 2.45. The summed E-state index contributed by atoms with van der Waals surface area (Å²) in [6, 6.07) is 11.8. The minimum absolute atomic E-state index is 0.00285. The van der Waals surface area contributed by atoms with Gasteiger partial charge in [-0.1, -0.05) is 30.3 Å². The van der Waals surface area contributed by atoms with E-state index in [0.29, 0.717) is 11.4 Å². The average molecular weight is 288 g/mol. The lowest BCUT2D eigenvalue weighted by Crippen LogP contribution is -1.99. The van der Waals surface area contributed by atoms with Crippen molar-refractivity contribution >= 4 is 11.5 Å². The molecule has 0 spiro atoms. The minimum atomic E-state index is -0.571. The summed E-state index contributed by atoms with van der Waals surface area (Å²) < 4.78 is 32.2. The van der Waals surface area contributed by atoms with Crippen LogP contribution >= 0.6 is 11.5 Å². The standard InChI is InChI=1S/C15H10F2N2S/c16-13-6-11(10-4-2-1-3-5-10)7-14(17)12(13)8-15-18-9-20-19-15/h1-7,9H,8H2. The van der Waals surface area contributed by atoms with Crippen LogP contribution in [0.1, 0.15) is 11.4 Å². The molecule has 0 aliphatic rings. The molecule has 0 saturated carbocycles. The molecule has 0 saturated heterocycles. The van der Waals surface area contributed by atoms with Gasteiger partial charge in [0.05, 0.1) is 0 Å². The van der Waals surface area contributed by atoms with E-state index in [4.69, 9.17) is 0 Å². The largest absolute Gasteiger partial charge is 0.228 e. The Bertz CT molecular complexity index is 689. The Balaban J connectivity index is 1.99. The summed E-state index contributed by atoms with van der Waals surface area (Å²) in [5, 5.41) is 0. The van der Waals surface area contributed by atoms with Crippen LogP contribution in [0.15, 0.2) is 48.0 Å². The lowest BCUT2D eigenvalue weighted by atomic mass is 10.0. The van der Waals surface area contributed by atoms with E-state index < -0.39 is 11.6 Å². The summed E-state index contributed by atoms with van der Waals surface area (Å²) in [4.78, 5) is 3.95. The second-order valence-corrected chi connectivity index (χ2v) is 4.91. The Kier molecular flexibility index (Phi) is 3.52. The van der Waals surface area contributed by atoms with Gasteiger partial charge in [-0.15, -0.1) is 0 Å². The van der Waals surface area contributed by atoms with Crippen LogP contribution in [0.5, 0.6) is 0 Å². The van der Waals surface area contributed by atoms with Crippen molar-refractivity contribution in [3.63, 3.8) is 0 Å². The second-order valence-electron chi connectivity index (χ2n) is 4.31. The quantitative estimate of drug-likeness (QED) is 0.726. The highest BCUT2D eigenvalue weighted by Gasteiger charge is 2.14. The molecule has 0 amide bonds. The molecular formula is C15H10F2N2S. The molecule has 20 heavy (non-hydrogen) atoms. The van der Waals surface area contributed by atoms with Gasteiger partial charge < -0.3 is 0 Å². The SMILES string of the molecule is Fc1cc(-c2ccccc2)cc(F)c1Cc1ncsn1. The van der Waals surface area contributed by atoms with Crippen LogP contribution in [-0.4, -0.2) is 9.36 Å². The number of hydrogen-bond donors (Lipinski definition) is 0. The van der Waals surface area contributed by atoms with Crippen molar-refractivity contribution in [3.05, 3.63) is 71.0 Å². The molecule has 2 nitrogen and oxygen atoms in total. The monoisotopic (exact) mass is 288 g/mol. The highest BCUT2D eigenvalue weighted by Crippen LogP contribution is 2.25. The van der Waals surface area contributed by atoms with E-state index >= 15 is 0 Å². The molecule has 5 heteroatoms. The van der Waals surface area contributed by atoms with E-state index in [1.54, 1.807) is 5.51 Å². The fourth-order valence-electron chi connectivity index (χ4n) is 2.00. The number of halogens is 2. The molecule has 0 aliphatic carbocycles. The highest BCUT2D eigenvalue weighted by atomic mass is 32.1. The number of nitrogens with zero attached hydrogens (tertiary/aromatic N) is 2. The van der Waals surface area contributed by atoms with Crippen LogP contribution in [0.2, 0.25) is 0 Å². The molecular weight excluding hydrogens is 278 g/mol. The molecule has 0 atom stereocenters. The normalized spacial score (nSPS) is 10.7. The maximum absolute atomic E-state index is 14.1. The molecule has 0 radical (unpaired) electrons. The lowest BCUT2D eigenvalue weighted by Gasteiger charge is -2.07. The number of aromatic nitrogens is 2. The van der Waals surface area contributed by atoms with Crippen LogP contribution in [0.4, 0.5) is 8.78 Å². The summed E-state index contributed by atoms with van der Waals surface area (Å²) in [5.41, 5.74) is 2.85. The Labute approximate surface area is 118 Å². The highest BCUT2D eigenvalue weighted by molar-refractivity contribution is 7.03. The van der Waals surface area contributed by atoms with Gasteiger partial charge in [0.2, 0.25) is 0 Å². The Morgan fingerprint density at radius 3 is 2.25 bits per heavy atom.